The molecule has 0 aliphatic carbocycles. The van der Waals surface area contributed by atoms with Crippen molar-refractivity contribution >= 4 is 5.84 Å². The minimum Gasteiger partial charge on any atom is -0.409 e. The maximum Gasteiger partial charge on any atom is 0.190 e. The van der Waals surface area contributed by atoms with Gasteiger partial charge in [0, 0.05) is 18.7 Å². The fourth-order valence-electron chi connectivity index (χ4n) is 2.14. The molecule has 15 heavy (non-hydrogen) atoms. The van der Waals surface area contributed by atoms with Gasteiger partial charge in [0.1, 0.15) is 11.5 Å². The lowest BCUT2D eigenvalue weighted by Gasteiger charge is -2.16. The highest BCUT2D eigenvalue weighted by Crippen LogP contribution is 2.21. The molecule has 3 N–H and O–H groups in total. The van der Waals surface area contributed by atoms with Crippen molar-refractivity contribution in [1.29, 1.82) is 0 Å². The van der Waals surface area contributed by atoms with Crippen LogP contribution in [0.5, 0.6) is 0 Å². The molecule has 0 unspecified atom stereocenters. The summed E-state index contributed by atoms with van der Waals surface area (Å²) in [4.78, 5) is 4.43. The van der Waals surface area contributed by atoms with E-state index in [0.29, 0.717) is 5.69 Å². The molecule has 5 nitrogen and oxygen atoms in total. The number of rotatable bonds is 2. The normalized spacial score (nSPS) is 16.5. The second-order valence-corrected chi connectivity index (χ2v) is 3.77. The quantitative estimate of drug-likeness (QED) is 0.328. The van der Waals surface area contributed by atoms with Gasteiger partial charge in [-0.2, -0.15) is 0 Å². The Labute approximate surface area is 88.6 Å². The molecule has 0 atom stereocenters. The van der Waals surface area contributed by atoms with E-state index in [1.807, 2.05) is 0 Å². The highest BCUT2D eigenvalue weighted by molar-refractivity contribution is 5.96. The van der Waals surface area contributed by atoms with Crippen molar-refractivity contribution in [2.45, 2.75) is 39.2 Å². The van der Waals surface area contributed by atoms with Crippen molar-refractivity contribution in [2.24, 2.45) is 10.9 Å². The smallest absolute Gasteiger partial charge is 0.190 e. The number of amidine groups is 1. The third-order valence-corrected chi connectivity index (χ3v) is 2.86. The standard InChI is InChI=1S/C10H16N4O/c1-2-8-12-9(10(11)13-15)7-5-3-4-6-14(7)8/h15H,2-6H2,1H3,(H2,11,13). The highest BCUT2D eigenvalue weighted by Gasteiger charge is 2.20. The van der Waals surface area contributed by atoms with Crippen LogP contribution in [0, 0.1) is 0 Å². The van der Waals surface area contributed by atoms with Gasteiger partial charge in [0.25, 0.3) is 0 Å². The van der Waals surface area contributed by atoms with Gasteiger partial charge in [-0.25, -0.2) is 4.98 Å². The van der Waals surface area contributed by atoms with Crippen LogP contribution in [0.4, 0.5) is 0 Å². The van der Waals surface area contributed by atoms with E-state index in [4.69, 9.17) is 10.9 Å². The molecule has 0 saturated heterocycles. The number of aromatic nitrogens is 2. The topological polar surface area (TPSA) is 76.4 Å². The van der Waals surface area contributed by atoms with E-state index in [0.717, 1.165) is 37.3 Å². The fourth-order valence-corrected chi connectivity index (χ4v) is 2.14. The van der Waals surface area contributed by atoms with Gasteiger partial charge in [0.05, 0.1) is 0 Å². The monoisotopic (exact) mass is 208 g/mol. The molecule has 0 amide bonds. The lowest BCUT2D eigenvalue weighted by molar-refractivity contribution is 0.318. The number of oxime groups is 1. The van der Waals surface area contributed by atoms with Crippen LogP contribution >= 0.6 is 0 Å². The Morgan fingerprint density at radius 1 is 1.60 bits per heavy atom. The van der Waals surface area contributed by atoms with Crippen LogP contribution in [-0.2, 0) is 19.4 Å². The molecule has 1 aromatic rings. The van der Waals surface area contributed by atoms with E-state index in [9.17, 15) is 0 Å². The van der Waals surface area contributed by atoms with Crippen LogP contribution in [0.3, 0.4) is 0 Å². The second kappa shape index (κ2) is 3.92. The van der Waals surface area contributed by atoms with Gasteiger partial charge in [-0.1, -0.05) is 12.1 Å². The first-order valence-corrected chi connectivity index (χ1v) is 5.34. The zero-order chi connectivity index (χ0) is 10.8. The molecule has 5 heteroatoms. The summed E-state index contributed by atoms with van der Waals surface area (Å²) in [6.45, 7) is 3.07. The minimum absolute atomic E-state index is 0.125. The summed E-state index contributed by atoms with van der Waals surface area (Å²) in [5, 5.41) is 11.7. The molecule has 82 valence electrons. The Hall–Kier alpha value is -1.52. The number of aryl methyl sites for hydroxylation is 1. The van der Waals surface area contributed by atoms with Crippen molar-refractivity contribution in [3.63, 3.8) is 0 Å². The Morgan fingerprint density at radius 3 is 3.07 bits per heavy atom. The number of fused-ring (bicyclic) bond motifs is 1. The molecular weight excluding hydrogens is 192 g/mol. The first kappa shape index (κ1) is 10.0. The zero-order valence-corrected chi connectivity index (χ0v) is 8.90. The fraction of sp³-hybridized carbons (Fsp3) is 0.600. The molecule has 2 rings (SSSR count). The number of imidazole rings is 1. The average Bonchev–Trinajstić information content (AvgIpc) is 2.67. The van der Waals surface area contributed by atoms with Gasteiger partial charge in [-0.3, -0.25) is 0 Å². The number of nitrogens with zero attached hydrogens (tertiary/aromatic N) is 3. The van der Waals surface area contributed by atoms with E-state index < -0.39 is 0 Å². The number of hydrogen-bond donors (Lipinski definition) is 2. The van der Waals surface area contributed by atoms with Crippen molar-refractivity contribution in [1.82, 2.24) is 9.55 Å². The molecule has 0 spiro atoms. The van der Waals surface area contributed by atoms with E-state index in [2.05, 4.69) is 21.6 Å². The van der Waals surface area contributed by atoms with Crippen LogP contribution in [0.1, 0.15) is 37.0 Å². The molecule has 0 radical (unpaired) electrons. The lowest BCUT2D eigenvalue weighted by atomic mass is 10.1. The second-order valence-electron chi connectivity index (χ2n) is 3.77. The molecule has 1 aromatic heterocycles. The van der Waals surface area contributed by atoms with Crippen molar-refractivity contribution in [3.05, 3.63) is 17.2 Å². The van der Waals surface area contributed by atoms with Crippen LogP contribution in [-0.4, -0.2) is 20.6 Å². The van der Waals surface area contributed by atoms with Crippen molar-refractivity contribution < 1.29 is 5.21 Å². The van der Waals surface area contributed by atoms with Gasteiger partial charge >= 0.3 is 0 Å². The number of nitrogens with two attached hydrogens (primary N) is 1. The van der Waals surface area contributed by atoms with Gasteiger partial charge in [0.2, 0.25) is 0 Å². The van der Waals surface area contributed by atoms with E-state index in [1.54, 1.807) is 0 Å². The summed E-state index contributed by atoms with van der Waals surface area (Å²) in [6, 6.07) is 0. The third kappa shape index (κ3) is 1.58. The molecule has 0 bridgehead atoms. The minimum atomic E-state index is 0.125. The Balaban J connectivity index is 2.51. The van der Waals surface area contributed by atoms with Gasteiger partial charge < -0.3 is 15.5 Å². The van der Waals surface area contributed by atoms with E-state index >= 15 is 0 Å². The summed E-state index contributed by atoms with van der Waals surface area (Å²) < 4.78 is 2.21. The predicted molar refractivity (Wildman–Crippen MR) is 57.1 cm³/mol. The first-order valence-electron chi connectivity index (χ1n) is 5.34. The SMILES string of the molecule is CCc1nc(/C(N)=N\O)c2n1CCCC2. The molecule has 0 aromatic carbocycles. The zero-order valence-electron chi connectivity index (χ0n) is 8.90. The van der Waals surface area contributed by atoms with Gasteiger partial charge in [0.15, 0.2) is 5.84 Å². The molecule has 1 aliphatic rings. The average molecular weight is 208 g/mol. The summed E-state index contributed by atoms with van der Waals surface area (Å²) in [6.07, 6.45) is 4.19. The van der Waals surface area contributed by atoms with Crippen molar-refractivity contribution in [3.8, 4) is 0 Å². The Kier molecular flexibility index (Phi) is 2.62. The van der Waals surface area contributed by atoms with Gasteiger partial charge in [-0.15, -0.1) is 0 Å². The third-order valence-electron chi connectivity index (χ3n) is 2.86. The molecule has 0 saturated carbocycles. The molecule has 0 fully saturated rings. The van der Waals surface area contributed by atoms with E-state index in [-0.39, 0.29) is 5.84 Å². The van der Waals surface area contributed by atoms with Crippen molar-refractivity contribution in [2.75, 3.05) is 0 Å². The summed E-state index contributed by atoms with van der Waals surface area (Å²) in [5.41, 5.74) is 7.39. The number of hydrogen-bond acceptors (Lipinski definition) is 3. The summed E-state index contributed by atoms with van der Waals surface area (Å²) in [5.74, 6) is 1.16. The molecular formula is C10H16N4O. The maximum atomic E-state index is 8.69. The predicted octanol–water partition coefficient (Wildman–Crippen LogP) is 0.876. The van der Waals surface area contributed by atoms with Crippen LogP contribution < -0.4 is 5.73 Å². The highest BCUT2D eigenvalue weighted by atomic mass is 16.4. The van der Waals surface area contributed by atoms with Crippen LogP contribution in [0.2, 0.25) is 0 Å². The first-order chi connectivity index (χ1) is 7.27. The van der Waals surface area contributed by atoms with E-state index in [1.165, 1.54) is 6.42 Å². The maximum absolute atomic E-state index is 8.69. The summed E-state index contributed by atoms with van der Waals surface area (Å²) >= 11 is 0. The Bertz CT molecular complexity index is 394. The molecule has 1 aliphatic heterocycles. The van der Waals surface area contributed by atoms with Crippen LogP contribution in [0.15, 0.2) is 5.16 Å². The Morgan fingerprint density at radius 2 is 2.40 bits per heavy atom. The summed E-state index contributed by atoms with van der Waals surface area (Å²) in [7, 11) is 0. The molecule has 2 heterocycles. The largest absolute Gasteiger partial charge is 0.409 e. The van der Waals surface area contributed by atoms with Gasteiger partial charge in [-0.05, 0) is 19.3 Å². The van der Waals surface area contributed by atoms with Crippen LogP contribution in [0.25, 0.3) is 0 Å². The lowest BCUT2D eigenvalue weighted by Crippen LogP contribution is -2.19.